The third-order valence-electron chi connectivity index (χ3n) is 1.19. The lowest BCUT2D eigenvalue weighted by molar-refractivity contribution is -0.0369. The molecule has 0 bridgehead atoms. The summed E-state index contributed by atoms with van der Waals surface area (Å²) in [7, 11) is 0. The Labute approximate surface area is 91.7 Å². The van der Waals surface area contributed by atoms with Gasteiger partial charge in [-0.2, -0.15) is 13.2 Å². The molecule has 8 heteroatoms. The zero-order valence-electron chi connectivity index (χ0n) is 6.92. The average Bonchev–Trinajstić information content (AvgIpc) is 2.13. The van der Waals surface area contributed by atoms with Crippen molar-refractivity contribution in [2.45, 2.75) is 5.51 Å². The highest BCUT2D eigenvalue weighted by molar-refractivity contribution is 7.95. The standard InChI is InChI=1S/C7H3ClF3NO2S/c8-4-1-5(12-13)3-6(2-4)14-15-7(9,10)11/h1-3H. The molecular weight excluding hydrogens is 255 g/mol. The van der Waals surface area contributed by atoms with E-state index in [-0.39, 0.29) is 16.5 Å². The fourth-order valence-corrected chi connectivity index (χ4v) is 1.25. The van der Waals surface area contributed by atoms with Crippen LogP contribution in [0.4, 0.5) is 18.9 Å². The van der Waals surface area contributed by atoms with Crippen LogP contribution in [0.3, 0.4) is 0 Å². The molecule has 1 rings (SSSR count). The molecule has 0 aliphatic rings. The monoisotopic (exact) mass is 257 g/mol. The van der Waals surface area contributed by atoms with E-state index in [1.54, 1.807) is 0 Å². The average molecular weight is 258 g/mol. The van der Waals surface area contributed by atoms with Gasteiger partial charge in [0, 0.05) is 17.2 Å². The van der Waals surface area contributed by atoms with Gasteiger partial charge in [0.2, 0.25) is 0 Å². The highest BCUT2D eigenvalue weighted by atomic mass is 35.5. The Balaban J connectivity index is 2.77. The van der Waals surface area contributed by atoms with E-state index in [9.17, 15) is 18.1 Å². The summed E-state index contributed by atoms with van der Waals surface area (Å²) in [6, 6.07) is 3.41. The second-order valence-electron chi connectivity index (χ2n) is 2.35. The second kappa shape index (κ2) is 4.71. The molecule has 0 N–H and O–H groups in total. The van der Waals surface area contributed by atoms with Crippen molar-refractivity contribution >= 4 is 29.3 Å². The van der Waals surface area contributed by atoms with Gasteiger partial charge in [0.15, 0.2) is 12.0 Å². The Bertz CT molecular complexity index is 372. The van der Waals surface area contributed by atoms with Gasteiger partial charge in [-0.3, -0.25) is 0 Å². The lowest BCUT2D eigenvalue weighted by Gasteiger charge is -2.06. The molecule has 0 fully saturated rings. The van der Waals surface area contributed by atoms with Crippen LogP contribution < -0.4 is 4.18 Å². The molecule has 1 aromatic rings. The van der Waals surface area contributed by atoms with Crippen molar-refractivity contribution in [1.82, 2.24) is 0 Å². The quantitative estimate of drug-likeness (QED) is 0.599. The molecule has 15 heavy (non-hydrogen) atoms. The Hall–Kier alpha value is -0.950. The van der Waals surface area contributed by atoms with Crippen molar-refractivity contribution in [3.05, 3.63) is 28.1 Å². The SMILES string of the molecule is O=Nc1cc(Cl)cc(OSC(F)(F)F)c1. The molecule has 0 saturated carbocycles. The van der Waals surface area contributed by atoms with Crippen molar-refractivity contribution in [1.29, 1.82) is 0 Å². The van der Waals surface area contributed by atoms with Gasteiger partial charge in [-0.15, -0.1) is 4.91 Å². The van der Waals surface area contributed by atoms with Gasteiger partial charge in [-0.1, -0.05) is 11.6 Å². The van der Waals surface area contributed by atoms with Crippen LogP contribution in [0.5, 0.6) is 5.75 Å². The first-order valence-electron chi connectivity index (χ1n) is 3.47. The number of hydrogen-bond donors (Lipinski definition) is 0. The predicted octanol–water partition coefficient (Wildman–Crippen LogP) is 4.28. The zero-order valence-corrected chi connectivity index (χ0v) is 8.49. The molecule has 1 aromatic carbocycles. The molecule has 82 valence electrons. The number of nitroso groups, excluding NO2 is 1. The Morgan fingerprint density at radius 3 is 2.53 bits per heavy atom. The van der Waals surface area contributed by atoms with Crippen molar-refractivity contribution in [3.63, 3.8) is 0 Å². The number of halogens is 4. The summed E-state index contributed by atoms with van der Waals surface area (Å²) in [5.41, 5.74) is -4.61. The van der Waals surface area contributed by atoms with E-state index in [1.165, 1.54) is 6.07 Å². The highest BCUT2D eigenvalue weighted by Crippen LogP contribution is 2.35. The van der Waals surface area contributed by atoms with Crippen LogP contribution in [0, 0.1) is 4.91 Å². The maximum absolute atomic E-state index is 11.7. The minimum atomic E-state index is -4.52. The van der Waals surface area contributed by atoms with E-state index in [0.29, 0.717) is 0 Å². The number of rotatable bonds is 3. The minimum Gasteiger partial charge on any atom is -0.417 e. The molecule has 0 unspecified atom stereocenters. The molecule has 0 aromatic heterocycles. The Morgan fingerprint density at radius 1 is 1.33 bits per heavy atom. The summed E-state index contributed by atoms with van der Waals surface area (Å²) in [5, 5.41) is 2.61. The largest absolute Gasteiger partial charge is 0.479 e. The van der Waals surface area contributed by atoms with Crippen LogP contribution in [-0.2, 0) is 0 Å². The molecular formula is C7H3ClF3NO2S. The summed E-state index contributed by atoms with van der Waals surface area (Å²) in [5.74, 6) is -0.181. The second-order valence-corrected chi connectivity index (χ2v) is 3.58. The number of nitrogens with zero attached hydrogens (tertiary/aromatic N) is 1. The summed E-state index contributed by atoms with van der Waals surface area (Å²) in [4.78, 5) is 10.1. The first-order valence-corrected chi connectivity index (χ1v) is 4.59. The van der Waals surface area contributed by atoms with E-state index in [0.717, 1.165) is 12.1 Å². The fraction of sp³-hybridized carbons (Fsp3) is 0.143. The summed E-state index contributed by atoms with van der Waals surface area (Å²) in [6.07, 6.45) is 0. The van der Waals surface area contributed by atoms with Crippen molar-refractivity contribution < 1.29 is 17.4 Å². The van der Waals surface area contributed by atoms with Gasteiger partial charge in [-0.05, 0) is 11.2 Å². The van der Waals surface area contributed by atoms with Crippen LogP contribution in [0.1, 0.15) is 0 Å². The first kappa shape index (κ1) is 12.1. The molecule has 0 amide bonds. The maximum Gasteiger partial charge on any atom is 0.479 e. The highest BCUT2D eigenvalue weighted by Gasteiger charge is 2.31. The Morgan fingerprint density at radius 2 is 2.00 bits per heavy atom. The number of alkyl halides is 3. The molecule has 0 aliphatic carbocycles. The van der Waals surface area contributed by atoms with E-state index in [1.807, 2.05) is 0 Å². The van der Waals surface area contributed by atoms with Crippen LogP contribution in [0.15, 0.2) is 23.4 Å². The summed E-state index contributed by atoms with van der Waals surface area (Å²) in [6.45, 7) is 0. The van der Waals surface area contributed by atoms with E-state index in [4.69, 9.17) is 11.6 Å². The lowest BCUT2D eigenvalue weighted by atomic mass is 10.3. The molecule has 0 radical (unpaired) electrons. The van der Waals surface area contributed by atoms with Crippen LogP contribution in [0.25, 0.3) is 0 Å². The molecule has 0 atom stereocenters. The fourth-order valence-electron chi connectivity index (χ4n) is 0.744. The minimum absolute atomic E-state index is 0.0740. The van der Waals surface area contributed by atoms with Crippen LogP contribution in [0.2, 0.25) is 5.02 Å². The normalized spacial score (nSPS) is 11.2. The predicted molar refractivity (Wildman–Crippen MR) is 51.2 cm³/mol. The van der Waals surface area contributed by atoms with Gasteiger partial charge >= 0.3 is 5.51 Å². The van der Waals surface area contributed by atoms with Crippen molar-refractivity contribution in [3.8, 4) is 5.75 Å². The van der Waals surface area contributed by atoms with Gasteiger partial charge in [0.05, 0.1) is 0 Å². The molecule has 0 spiro atoms. The molecule has 3 nitrogen and oxygen atoms in total. The summed E-state index contributed by atoms with van der Waals surface area (Å²) >= 11 is 4.82. The van der Waals surface area contributed by atoms with E-state index < -0.39 is 17.6 Å². The number of benzene rings is 1. The molecule has 0 heterocycles. The molecule has 0 saturated heterocycles. The first-order chi connectivity index (χ1) is 6.90. The number of hydrogen-bond acceptors (Lipinski definition) is 4. The van der Waals surface area contributed by atoms with Crippen molar-refractivity contribution in [2.24, 2.45) is 5.18 Å². The zero-order chi connectivity index (χ0) is 11.5. The van der Waals surface area contributed by atoms with Gasteiger partial charge < -0.3 is 4.18 Å². The van der Waals surface area contributed by atoms with E-state index >= 15 is 0 Å². The van der Waals surface area contributed by atoms with E-state index in [2.05, 4.69) is 9.36 Å². The van der Waals surface area contributed by atoms with Gasteiger partial charge in [0.1, 0.15) is 11.4 Å². The lowest BCUT2D eigenvalue weighted by Crippen LogP contribution is -2.02. The third-order valence-corrected chi connectivity index (χ3v) is 1.88. The third kappa shape index (κ3) is 4.39. The van der Waals surface area contributed by atoms with Crippen LogP contribution in [-0.4, -0.2) is 5.51 Å². The maximum atomic E-state index is 11.7. The topological polar surface area (TPSA) is 38.7 Å². The molecule has 0 aliphatic heterocycles. The Kier molecular flexibility index (Phi) is 3.81. The van der Waals surface area contributed by atoms with Gasteiger partial charge in [-0.25, -0.2) is 0 Å². The van der Waals surface area contributed by atoms with Crippen molar-refractivity contribution in [2.75, 3.05) is 0 Å². The van der Waals surface area contributed by atoms with Crippen LogP contribution >= 0.6 is 23.6 Å². The smallest absolute Gasteiger partial charge is 0.417 e. The van der Waals surface area contributed by atoms with Gasteiger partial charge in [0.25, 0.3) is 0 Å². The summed E-state index contributed by atoms with van der Waals surface area (Å²) < 4.78 is 39.5.